The first kappa shape index (κ1) is 12.7. The fourth-order valence-electron chi connectivity index (χ4n) is 1.24. The Morgan fingerprint density at radius 3 is 2.81 bits per heavy atom. The van der Waals surface area contributed by atoms with E-state index in [0.29, 0.717) is 12.3 Å². The number of aryl methyl sites for hydroxylation is 1. The molecule has 1 amide bonds. The van der Waals surface area contributed by atoms with Crippen LogP contribution in [0.4, 0.5) is 0 Å². The highest BCUT2D eigenvalue weighted by atomic mass is 32.2. The van der Waals surface area contributed by atoms with Crippen LogP contribution in [-0.4, -0.2) is 33.8 Å². The van der Waals surface area contributed by atoms with E-state index >= 15 is 0 Å². The number of benzene rings is 1. The third kappa shape index (κ3) is 3.66. The summed E-state index contributed by atoms with van der Waals surface area (Å²) in [6.07, 6.45) is 1.58. The second-order valence-corrected chi connectivity index (χ2v) is 5.11. The van der Waals surface area contributed by atoms with Gasteiger partial charge in [-0.1, -0.05) is 11.6 Å². The van der Waals surface area contributed by atoms with Gasteiger partial charge in [0.2, 0.25) is 0 Å². The summed E-state index contributed by atoms with van der Waals surface area (Å²) in [5.41, 5.74) is 1.16. The smallest absolute Gasteiger partial charge is 0.255 e. The van der Waals surface area contributed by atoms with Gasteiger partial charge in [-0.25, -0.2) is 0 Å². The third-order valence-electron chi connectivity index (χ3n) is 2.07. The summed E-state index contributed by atoms with van der Waals surface area (Å²) in [5.74, 6) is 0.0329. The van der Waals surface area contributed by atoms with Gasteiger partial charge in [-0.15, -0.1) is 0 Å². The molecule has 0 aromatic heterocycles. The van der Waals surface area contributed by atoms with Crippen LogP contribution in [0.25, 0.3) is 0 Å². The molecule has 0 saturated carbocycles. The van der Waals surface area contributed by atoms with Crippen LogP contribution < -0.4 is 5.32 Å². The van der Waals surface area contributed by atoms with E-state index in [2.05, 4.69) is 5.32 Å². The number of rotatable bonds is 4. The van der Waals surface area contributed by atoms with Crippen LogP contribution in [0.1, 0.15) is 15.9 Å². The van der Waals surface area contributed by atoms with E-state index in [0.717, 1.165) is 5.56 Å². The zero-order chi connectivity index (χ0) is 12.1. The topological polar surface area (TPSA) is 66.4 Å². The molecule has 0 bridgehead atoms. The normalized spacial score (nSPS) is 12.1. The molecule has 1 aromatic rings. The molecule has 0 fully saturated rings. The standard InChI is InChI=1S/C11H15NO3S/c1-8-3-4-10(13)9(7-8)11(14)12-5-6-16(2)15/h3-4,7,13H,5-6H2,1-2H3,(H,12,14). The summed E-state index contributed by atoms with van der Waals surface area (Å²) in [6.45, 7) is 2.19. The third-order valence-corrected chi connectivity index (χ3v) is 2.85. The van der Waals surface area contributed by atoms with Crippen molar-refractivity contribution in [2.24, 2.45) is 0 Å². The van der Waals surface area contributed by atoms with Gasteiger partial charge in [-0.3, -0.25) is 9.00 Å². The first-order chi connectivity index (χ1) is 7.50. The first-order valence-electron chi connectivity index (χ1n) is 4.88. The van der Waals surface area contributed by atoms with Crippen LogP contribution in [-0.2, 0) is 10.8 Å². The molecule has 0 saturated heterocycles. The van der Waals surface area contributed by atoms with Gasteiger partial charge in [-0.2, -0.15) is 0 Å². The maximum Gasteiger partial charge on any atom is 0.255 e. The van der Waals surface area contributed by atoms with Gasteiger partial charge in [0.25, 0.3) is 5.91 Å². The minimum Gasteiger partial charge on any atom is -0.507 e. The maximum atomic E-state index is 11.6. The van der Waals surface area contributed by atoms with E-state index in [-0.39, 0.29) is 17.2 Å². The van der Waals surface area contributed by atoms with Crippen molar-refractivity contribution in [3.63, 3.8) is 0 Å². The van der Waals surface area contributed by atoms with Crippen molar-refractivity contribution in [3.05, 3.63) is 29.3 Å². The Balaban J connectivity index is 2.65. The van der Waals surface area contributed by atoms with Crippen LogP contribution in [0.5, 0.6) is 5.75 Å². The fourth-order valence-corrected chi connectivity index (χ4v) is 1.62. The summed E-state index contributed by atoms with van der Waals surface area (Å²) in [7, 11) is -0.925. The van der Waals surface area contributed by atoms with E-state index < -0.39 is 10.8 Å². The number of carbonyl (C=O) groups excluding carboxylic acids is 1. The second kappa shape index (κ2) is 5.65. The second-order valence-electron chi connectivity index (χ2n) is 3.55. The molecular weight excluding hydrogens is 226 g/mol. The number of carbonyl (C=O) groups is 1. The fraction of sp³-hybridized carbons (Fsp3) is 0.364. The number of hydrogen-bond donors (Lipinski definition) is 2. The van der Waals surface area contributed by atoms with Gasteiger partial charge >= 0.3 is 0 Å². The highest BCUT2D eigenvalue weighted by Crippen LogP contribution is 2.17. The van der Waals surface area contributed by atoms with E-state index in [4.69, 9.17) is 0 Å². The van der Waals surface area contributed by atoms with Gasteiger partial charge in [0.05, 0.1) is 5.56 Å². The lowest BCUT2D eigenvalue weighted by Gasteiger charge is -2.06. The van der Waals surface area contributed by atoms with Crippen molar-refractivity contribution >= 4 is 16.7 Å². The summed E-state index contributed by atoms with van der Waals surface area (Å²) in [5, 5.41) is 12.1. The number of nitrogens with one attached hydrogen (secondary N) is 1. The molecule has 88 valence electrons. The van der Waals surface area contributed by atoms with Crippen molar-refractivity contribution < 1.29 is 14.1 Å². The van der Waals surface area contributed by atoms with Crippen LogP contribution >= 0.6 is 0 Å². The molecular formula is C11H15NO3S. The van der Waals surface area contributed by atoms with Crippen molar-refractivity contribution in [1.29, 1.82) is 0 Å². The SMILES string of the molecule is Cc1ccc(O)c(C(=O)NCCS(C)=O)c1. The summed E-state index contributed by atoms with van der Waals surface area (Å²) in [4.78, 5) is 11.6. The molecule has 1 unspecified atom stereocenters. The summed E-state index contributed by atoms with van der Waals surface area (Å²) >= 11 is 0. The Bertz CT molecular complexity index is 418. The predicted molar refractivity (Wildman–Crippen MR) is 64.1 cm³/mol. The molecule has 0 heterocycles. The number of phenolic OH excluding ortho intramolecular Hbond substituents is 1. The van der Waals surface area contributed by atoms with Crippen molar-refractivity contribution in [1.82, 2.24) is 5.32 Å². The van der Waals surface area contributed by atoms with E-state index in [1.807, 2.05) is 6.92 Å². The minimum absolute atomic E-state index is 0.0410. The Labute approximate surface area is 97.1 Å². The number of hydrogen-bond acceptors (Lipinski definition) is 3. The zero-order valence-electron chi connectivity index (χ0n) is 9.32. The molecule has 5 heteroatoms. The summed E-state index contributed by atoms with van der Waals surface area (Å²) in [6, 6.07) is 4.84. The van der Waals surface area contributed by atoms with Crippen molar-refractivity contribution in [2.45, 2.75) is 6.92 Å². The molecule has 0 aliphatic rings. The highest BCUT2D eigenvalue weighted by molar-refractivity contribution is 7.84. The molecule has 2 N–H and O–H groups in total. The van der Waals surface area contributed by atoms with Gasteiger partial charge in [0, 0.05) is 29.4 Å². The average Bonchev–Trinajstić information content (AvgIpc) is 2.21. The monoisotopic (exact) mass is 241 g/mol. The molecule has 0 aliphatic carbocycles. The van der Waals surface area contributed by atoms with Gasteiger partial charge in [0.15, 0.2) is 0 Å². The predicted octanol–water partition coefficient (Wildman–Crippen LogP) is 0.809. The lowest BCUT2D eigenvalue weighted by atomic mass is 10.1. The molecule has 4 nitrogen and oxygen atoms in total. The Morgan fingerprint density at radius 2 is 2.19 bits per heavy atom. The van der Waals surface area contributed by atoms with Crippen LogP contribution in [0.3, 0.4) is 0 Å². The zero-order valence-corrected chi connectivity index (χ0v) is 10.1. The number of phenols is 1. The van der Waals surface area contributed by atoms with Crippen LogP contribution in [0.2, 0.25) is 0 Å². The maximum absolute atomic E-state index is 11.6. The summed E-state index contributed by atoms with van der Waals surface area (Å²) < 4.78 is 10.8. The van der Waals surface area contributed by atoms with Crippen molar-refractivity contribution in [3.8, 4) is 5.75 Å². The lowest BCUT2D eigenvalue weighted by Crippen LogP contribution is -2.27. The molecule has 0 aliphatic heterocycles. The van der Waals surface area contributed by atoms with E-state index in [1.165, 1.54) is 6.07 Å². The molecule has 16 heavy (non-hydrogen) atoms. The van der Waals surface area contributed by atoms with Crippen LogP contribution in [0, 0.1) is 6.92 Å². The van der Waals surface area contributed by atoms with Gasteiger partial charge < -0.3 is 10.4 Å². The van der Waals surface area contributed by atoms with E-state index in [9.17, 15) is 14.1 Å². The lowest BCUT2D eigenvalue weighted by molar-refractivity contribution is 0.0953. The molecule has 0 radical (unpaired) electrons. The average molecular weight is 241 g/mol. The Morgan fingerprint density at radius 1 is 1.50 bits per heavy atom. The van der Waals surface area contributed by atoms with Crippen molar-refractivity contribution in [2.75, 3.05) is 18.6 Å². The van der Waals surface area contributed by atoms with E-state index in [1.54, 1.807) is 18.4 Å². The largest absolute Gasteiger partial charge is 0.507 e. The molecule has 1 aromatic carbocycles. The van der Waals surface area contributed by atoms with Gasteiger partial charge in [-0.05, 0) is 19.1 Å². The Hall–Kier alpha value is -1.36. The van der Waals surface area contributed by atoms with Crippen LogP contribution in [0.15, 0.2) is 18.2 Å². The quantitative estimate of drug-likeness (QED) is 0.819. The number of amides is 1. The minimum atomic E-state index is -0.925. The molecule has 1 rings (SSSR count). The van der Waals surface area contributed by atoms with Gasteiger partial charge in [0.1, 0.15) is 5.75 Å². The first-order valence-corrected chi connectivity index (χ1v) is 6.61. The molecule has 1 atom stereocenters. The molecule has 0 spiro atoms. The Kier molecular flexibility index (Phi) is 4.49. The number of aromatic hydroxyl groups is 1. The highest BCUT2D eigenvalue weighted by Gasteiger charge is 2.10.